The molecule has 0 atom stereocenters. The van der Waals surface area contributed by atoms with Crippen LogP contribution in [0.4, 0.5) is 17.6 Å². The molecule has 3 aromatic heterocycles. The Labute approximate surface area is 265 Å². The lowest BCUT2D eigenvalue weighted by atomic mass is 9.83. The second kappa shape index (κ2) is 12.3. The number of benzene rings is 1. The summed E-state index contributed by atoms with van der Waals surface area (Å²) in [6, 6.07) is 9.75. The summed E-state index contributed by atoms with van der Waals surface area (Å²) in [7, 11) is 0. The van der Waals surface area contributed by atoms with Crippen molar-refractivity contribution in [1.29, 1.82) is 0 Å². The first-order valence-electron chi connectivity index (χ1n) is 14.3. The number of alkyl halides is 4. The summed E-state index contributed by atoms with van der Waals surface area (Å²) in [6.07, 6.45) is 0.527. The molecule has 0 bridgehead atoms. The summed E-state index contributed by atoms with van der Waals surface area (Å²) in [6.45, 7) is 5.66. The molecule has 14 heteroatoms. The van der Waals surface area contributed by atoms with Crippen LogP contribution in [0.25, 0.3) is 32.2 Å². The predicted octanol–water partition coefficient (Wildman–Crippen LogP) is 6.97. The average Bonchev–Trinajstić information content (AvgIpc) is 3.56. The molecule has 0 saturated carbocycles. The van der Waals surface area contributed by atoms with E-state index >= 15 is 4.39 Å². The Bertz CT molecular complexity index is 1780. The van der Waals surface area contributed by atoms with Gasteiger partial charge in [0.25, 0.3) is 0 Å². The molecule has 1 aromatic carbocycles. The molecule has 6 rings (SSSR count). The van der Waals surface area contributed by atoms with Gasteiger partial charge in [0.15, 0.2) is 0 Å². The summed E-state index contributed by atoms with van der Waals surface area (Å²) >= 11 is 8.09. The normalized spacial score (nSPS) is 18.2. The number of halogens is 5. The largest absolute Gasteiger partial charge is 0.490 e. The lowest BCUT2D eigenvalue weighted by Crippen LogP contribution is -2.48. The molecule has 4 aromatic rings. The molecule has 2 N–H and O–H groups in total. The van der Waals surface area contributed by atoms with E-state index in [4.69, 9.17) is 21.5 Å². The van der Waals surface area contributed by atoms with Crippen LogP contribution in [-0.2, 0) is 27.5 Å². The van der Waals surface area contributed by atoms with E-state index in [0.717, 1.165) is 37.1 Å². The topological polar surface area (TPSA) is 105 Å². The van der Waals surface area contributed by atoms with Crippen molar-refractivity contribution in [1.82, 2.24) is 19.8 Å². The Morgan fingerprint density at radius 3 is 2.47 bits per heavy atom. The zero-order valence-corrected chi connectivity index (χ0v) is 26.1. The van der Waals surface area contributed by atoms with Crippen LogP contribution in [0.15, 0.2) is 42.7 Å². The number of pyridine rings is 1. The maximum absolute atomic E-state index is 15.7. The van der Waals surface area contributed by atoms with Crippen LogP contribution in [0.3, 0.4) is 0 Å². The van der Waals surface area contributed by atoms with E-state index in [1.165, 1.54) is 16.2 Å². The standard InChI is InChI=1S/C29H30ClFN4O2S.C2HF3O2/c1-28(2)6-3-24(36)35(27(28)37)16-20-15-23-26(38-20)21(4-9-33-23)22-14-19(30)13-18-5-12-34(25(18)22)17-29(31)7-10-32-11-8-29;3-2(4,5)1(6)7/h4-5,9,12-15,32H,3,6-8,10-11,16-17H2,1-2H3;(H,6,7). The molecule has 45 heavy (non-hydrogen) atoms. The SMILES string of the molecule is CC1(C)CCC(=O)N(Cc2cc3nccc(-c4cc(Cl)cc5ccn(CC6(F)CCNCC6)c45)c3s2)C1=O.O=C(O)C(F)(F)F. The predicted molar refractivity (Wildman–Crippen MR) is 164 cm³/mol. The van der Waals surface area contributed by atoms with Crippen LogP contribution in [0.1, 0.15) is 44.4 Å². The van der Waals surface area contributed by atoms with Gasteiger partial charge in [0.2, 0.25) is 11.8 Å². The van der Waals surface area contributed by atoms with Gasteiger partial charge in [-0.05, 0) is 62.7 Å². The molecular formula is C31H31ClF4N4O4S. The van der Waals surface area contributed by atoms with Gasteiger partial charge in [-0.2, -0.15) is 13.2 Å². The van der Waals surface area contributed by atoms with Gasteiger partial charge in [-0.15, -0.1) is 11.3 Å². The minimum Gasteiger partial charge on any atom is -0.475 e. The lowest BCUT2D eigenvalue weighted by molar-refractivity contribution is -0.192. The number of nitrogens with one attached hydrogen (secondary N) is 1. The molecule has 240 valence electrons. The van der Waals surface area contributed by atoms with E-state index < -0.39 is 23.2 Å². The van der Waals surface area contributed by atoms with Crippen molar-refractivity contribution in [2.75, 3.05) is 13.1 Å². The maximum atomic E-state index is 15.7. The van der Waals surface area contributed by atoms with E-state index in [1.807, 2.05) is 54.9 Å². The summed E-state index contributed by atoms with van der Waals surface area (Å²) in [4.78, 5) is 41.4. The number of thiophene rings is 1. The van der Waals surface area contributed by atoms with E-state index in [1.54, 1.807) is 6.20 Å². The number of aliphatic carboxylic acids is 1. The molecule has 0 aliphatic carbocycles. The molecule has 5 heterocycles. The number of nitrogens with zero attached hydrogens (tertiary/aromatic N) is 3. The third-order valence-corrected chi connectivity index (χ3v) is 9.54. The third-order valence-electron chi connectivity index (χ3n) is 8.18. The Morgan fingerprint density at radius 2 is 1.80 bits per heavy atom. The molecule has 2 aliphatic heterocycles. The summed E-state index contributed by atoms with van der Waals surface area (Å²) in [5.74, 6) is -3.02. The fraction of sp³-hybridized carbons (Fsp3) is 0.419. The van der Waals surface area contributed by atoms with Crippen molar-refractivity contribution in [3.05, 3.63) is 52.6 Å². The Hall–Kier alpha value is -3.55. The van der Waals surface area contributed by atoms with Gasteiger partial charge in [-0.25, -0.2) is 9.18 Å². The van der Waals surface area contributed by atoms with Crippen LogP contribution in [-0.4, -0.2) is 62.3 Å². The van der Waals surface area contributed by atoms with Gasteiger partial charge < -0.3 is 15.0 Å². The summed E-state index contributed by atoms with van der Waals surface area (Å²) < 4.78 is 50.4. The van der Waals surface area contributed by atoms with Gasteiger partial charge in [0.05, 0.1) is 28.8 Å². The quantitative estimate of drug-likeness (QED) is 0.176. The molecule has 0 radical (unpaired) electrons. The molecule has 0 spiro atoms. The number of carbonyl (C=O) groups excluding carboxylic acids is 2. The smallest absolute Gasteiger partial charge is 0.475 e. The number of rotatable bonds is 5. The zero-order chi connectivity index (χ0) is 32.7. The number of carboxylic acid groups (broad SMARTS) is 1. The Balaban J connectivity index is 0.000000515. The van der Waals surface area contributed by atoms with Crippen molar-refractivity contribution in [3.8, 4) is 11.1 Å². The van der Waals surface area contributed by atoms with E-state index in [0.29, 0.717) is 43.8 Å². The number of carboxylic acids is 1. The van der Waals surface area contributed by atoms with Crippen LogP contribution in [0.2, 0.25) is 5.02 Å². The van der Waals surface area contributed by atoms with Gasteiger partial charge in [-0.3, -0.25) is 19.5 Å². The number of carbonyl (C=O) groups is 3. The fourth-order valence-electron chi connectivity index (χ4n) is 5.72. The number of imide groups is 1. The highest BCUT2D eigenvalue weighted by molar-refractivity contribution is 7.19. The number of hydrogen-bond donors (Lipinski definition) is 2. The van der Waals surface area contributed by atoms with Crippen molar-refractivity contribution in [2.24, 2.45) is 5.41 Å². The minimum atomic E-state index is -5.08. The highest BCUT2D eigenvalue weighted by Gasteiger charge is 2.40. The number of amides is 2. The number of likely N-dealkylation sites (tertiary alicyclic amines) is 1. The molecular weight excluding hydrogens is 636 g/mol. The monoisotopic (exact) mass is 666 g/mol. The summed E-state index contributed by atoms with van der Waals surface area (Å²) in [5.41, 5.74) is 1.80. The van der Waals surface area contributed by atoms with Crippen molar-refractivity contribution >= 4 is 61.8 Å². The molecule has 0 unspecified atom stereocenters. The van der Waals surface area contributed by atoms with Crippen LogP contribution < -0.4 is 5.32 Å². The maximum Gasteiger partial charge on any atom is 0.490 e. The number of hydrogen-bond acceptors (Lipinski definition) is 6. The average molecular weight is 667 g/mol. The molecule has 2 fully saturated rings. The van der Waals surface area contributed by atoms with E-state index in [9.17, 15) is 22.8 Å². The Kier molecular flexibility index (Phi) is 9.00. The highest BCUT2D eigenvalue weighted by atomic mass is 35.5. The van der Waals surface area contributed by atoms with Gasteiger partial charge >= 0.3 is 12.1 Å². The van der Waals surface area contributed by atoms with Crippen molar-refractivity contribution < 1.29 is 37.1 Å². The first-order valence-corrected chi connectivity index (χ1v) is 15.5. The van der Waals surface area contributed by atoms with Crippen LogP contribution in [0, 0.1) is 5.41 Å². The van der Waals surface area contributed by atoms with Crippen LogP contribution in [0.5, 0.6) is 0 Å². The van der Waals surface area contributed by atoms with Crippen LogP contribution >= 0.6 is 22.9 Å². The van der Waals surface area contributed by atoms with Gasteiger partial charge in [0, 0.05) is 50.6 Å². The minimum absolute atomic E-state index is 0.132. The summed E-state index contributed by atoms with van der Waals surface area (Å²) in [5, 5.41) is 11.9. The van der Waals surface area contributed by atoms with Crippen molar-refractivity contribution in [2.45, 2.75) is 64.5 Å². The second-order valence-corrected chi connectivity index (χ2v) is 13.6. The number of fused-ring (bicyclic) bond motifs is 2. The van der Waals surface area contributed by atoms with Gasteiger partial charge in [-0.1, -0.05) is 25.4 Å². The highest BCUT2D eigenvalue weighted by Crippen LogP contribution is 2.41. The molecule has 2 saturated heterocycles. The number of aromatic nitrogens is 2. The fourth-order valence-corrected chi connectivity index (χ4v) is 7.08. The van der Waals surface area contributed by atoms with Gasteiger partial charge in [0.1, 0.15) is 5.67 Å². The second-order valence-electron chi connectivity index (χ2n) is 12.0. The molecule has 2 amide bonds. The first-order chi connectivity index (χ1) is 21.1. The first kappa shape index (κ1) is 32.8. The zero-order valence-electron chi connectivity index (χ0n) is 24.5. The lowest BCUT2D eigenvalue weighted by Gasteiger charge is -2.35. The van der Waals surface area contributed by atoms with E-state index in [2.05, 4.69) is 10.3 Å². The third kappa shape index (κ3) is 7.00. The van der Waals surface area contributed by atoms with Crippen molar-refractivity contribution in [3.63, 3.8) is 0 Å². The number of piperidine rings is 2. The molecule has 8 nitrogen and oxygen atoms in total. The van der Waals surface area contributed by atoms with E-state index in [-0.39, 0.29) is 24.9 Å². The molecule has 2 aliphatic rings. The Morgan fingerprint density at radius 1 is 1.11 bits per heavy atom.